The van der Waals surface area contributed by atoms with Crippen LogP contribution in [0.3, 0.4) is 0 Å². The molecule has 4 unspecified atom stereocenters. The highest BCUT2D eigenvalue weighted by atomic mass is 19.2. The van der Waals surface area contributed by atoms with Crippen molar-refractivity contribution in [2.75, 3.05) is 0 Å². The van der Waals surface area contributed by atoms with Crippen LogP contribution >= 0.6 is 0 Å². The van der Waals surface area contributed by atoms with Crippen LogP contribution in [0.1, 0.15) is 103 Å². The molecule has 4 atom stereocenters. The average molecular weight is 469 g/mol. The second kappa shape index (κ2) is 11.5. The van der Waals surface area contributed by atoms with E-state index in [0.29, 0.717) is 0 Å². The van der Waals surface area contributed by atoms with E-state index in [-0.39, 0.29) is 17.8 Å². The molecule has 0 spiro atoms. The molecule has 3 aliphatic carbocycles. The first-order valence-electron chi connectivity index (χ1n) is 14.2. The third-order valence-corrected chi connectivity index (χ3v) is 9.95. The van der Waals surface area contributed by atoms with Crippen molar-refractivity contribution >= 4 is 0 Å². The van der Waals surface area contributed by atoms with E-state index in [1.54, 1.807) is 0 Å². The highest BCUT2D eigenvalue weighted by Crippen LogP contribution is 2.49. The van der Waals surface area contributed by atoms with Gasteiger partial charge in [-0.25, -0.2) is 8.78 Å². The maximum absolute atomic E-state index is 16.0. The van der Waals surface area contributed by atoms with E-state index in [1.807, 2.05) is 43.3 Å². The summed E-state index contributed by atoms with van der Waals surface area (Å²) in [6, 6.07) is 9.81. The molecule has 0 aromatic heterocycles. The minimum absolute atomic E-state index is 0.175. The van der Waals surface area contributed by atoms with E-state index >= 15 is 8.78 Å². The molecule has 2 heteroatoms. The number of hydrogen-bond acceptors (Lipinski definition) is 0. The zero-order valence-corrected chi connectivity index (χ0v) is 21.7. The summed E-state index contributed by atoms with van der Waals surface area (Å²) in [5.74, 6) is 2.56. The highest BCUT2D eigenvalue weighted by molar-refractivity contribution is 5.38. The molecule has 0 bridgehead atoms. The molecule has 0 N–H and O–H groups in total. The van der Waals surface area contributed by atoms with Crippen LogP contribution in [0.15, 0.2) is 54.4 Å². The van der Waals surface area contributed by atoms with E-state index in [0.717, 1.165) is 42.1 Å². The number of alkyl halides is 1. The molecule has 3 aliphatic rings. The lowest BCUT2D eigenvalue weighted by molar-refractivity contribution is 0.0618. The fraction of sp³-hybridized carbons (Fsp3) is 0.688. The molecule has 1 aromatic carbocycles. The van der Waals surface area contributed by atoms with Crippen LogP contribution in [0.25, 0.3) is 0 Å². The predicted octanol–water partition coefficient (Wildman–Crippen LogP) is 9.98. The lowest BCUT2D eigenvalue weighted by Crippen LogP contribution is -2.39. The molecule has 0 radical (unpaired) electrons. The van der Waals surface area contributed by atoms with Crippen molar-refractivity contribution in [3.8, 4) is 0 Å². The second-order valence-corrected chi connectivity index (χ2v) is 11.8. The summed E-state index contributed by atoms with van der Waals surface area (Å²) in [5.41, 5.74) is -0.942. The van der Waals surface area contributed by atoms with E-state index in [2.05, 4.69) is 13.8 Å². The van der Waals surface area contributed by atoms with E-state index in [9.17, 15) is 0 Å². The van der Waals surface area contributed by atoms with Gasteiger partial charge in [0, 0.05) is 11.8 Å². The number of unbranched alkanes of at least 4 members (excludes halogenated alkanes) is 1. The van der Waals surface area contributed by atoms with Gasteiger partial charge in [-0.05, 0) is 85.8 Å². The lowest BCUT2D eigenvalue weighted by atomic mass is 9.64. The van der Waals surface area contributed by atoms with Crippen molar-refractivity contribution in [1.82, 2.24) is 0 Å². The molecular weight excluding hydrogens is 422 g/mol. The lowest BCUT2D eigenvalue weighted by Gasteiger charge is -2.42. The molecule has 0 aliphatic heterocycles. The summed E-state index contributed by atoms with van der Waals surface area (Å²) >= 11 is 0. The van der Waals surface area contributed by atoms with Gasteiger partial charge in [0.25, 0.3) is 0 Å². The fourth-order valence-corrected chi connectivity index (χ4v) is 7.31. The summed E-state index contributed by atoms with van der Waals surface area (Å²) < 4.78 is 31.1. The number of halogens is 2. The van der Waals surface area contributed by atoms with Crippen LogP contribution in [0.2, 0.25) is 0 Å². The Morgan fingerprint density at radius 3 is 2.06 bits per heavy atom. The molecule has 2 fully saturated rings. The third-order valence-electron chi connectivity index (χ3n) is 9.95. The smallest absolute Gasteiger partial charge is 0.182 e. The quantitative estimate of drug-likeness (QED) is 0.333. The minimum Gasteiger partial charge on any atom is -0.231 e. The van der Waals surface area contributed by atoms with Crippen molar-refractivity contribution in [3.63, 3.8) is 0 Å². The SMILES string of the molecule is CCCCC1CCC(C(C)C2CCC(C(C)C3(F)C=CC(c4ccccc4)C=C3F)CC2)CC1. The highest BCUT2D eigenvalue weighted by Gasteiger charge is 2.45. The van der Waals surface area contributed by atoms with Gasteiger partial charge in [0.1, 0.15) is 5.83 Å². The summed E-state index contributed by atoms with van der Waals surface area (Å²) in [6.45, 7) is 6.72. The topological polar surface area (TPSA) is 0 Å². The number of rotatable bonds is 8. The molecule has 1 aromatic rings. The van der Waals surface area contributed by atoms with Crippen LogP contribution in [-0.2, 0) is 0 Å². The van der Waals surface area contributed by atoms with Gasteiger partial charge in [-0.2, -0.15) is 0 Å². The molecule has 2 saturated carbocycles. The molecule has 0 heterocycles. The van der Waals surface area contributed by atoms with E-state index < -0.39 is 11.5 Å². The number of allylic oxidation sites excluding steroid dienone is 4. The van der Waals surface area contributed by atoms with Crippen molar-refractivity contribution in [2.45, 2.75) is 103 Å². The standard InChI is InChI=1S/C32H46F2/c1-4-5-9-25-12-14-26(15-13-25)23(2)27-16-18-28(19-17-27)24(3)32(34)21-20-30(22-31(32)33)29-10-7-6-8-11-29/h6-8,10-11,20-28,30H,4-5,9,12-19H2,1-3H3. The van der Waals surface area contributed by atoms with Crippen LogP contribution in [0.4, 0.5) is 8.78 Å². The Bertz CT molecular complexity index is 811. The summed E-state index contributed by atoms with van der Waals surface area (Å²) in [7, 11) is 0. The Morgan fingerprint density at radius 2 is 1.47 bits per heavy atom. The number of benzene rings is 1. The Balaban J connectivity index is 1.29. The molecule has 0 saturated heterocycles. The first kappa shape index (κ1) is 25.6. The normalized spacial score (nSPS) is 36.0. The van der Waals surface area contributed by atoms with Crippen LogP contribution in [-0.4, -0.2) is 5.67 Å². The Labute approximate surface area is 207 Å². The summed E-state index contributed by atoms with van der Waals surface area (Å²) in [4.78, 5) is 0. The summed E-state index contributed by atoms with van der Waals surface area (Å²) in [5, 5.41) is 0. The zero-order chi connectivity index (χ0) is 24.1. The average Bonchev–Trinajstić information content (AvgIpc) is 2.89. The molecular formula is C32H46F2. The van der Waals surface area contributed by atoms with Gasteiger partial charge in [-0.3, -0.25) is 0 Å². The molecule has 4 rings (SSSR count). The Hall–Kier alpha value is -1.44. The van der Waals surface area contributed by atoms with Gasteiger partial charge in [0.15, 0.2) is 5.67 Å². The summed E-state index contributed by atoms with van der Waals surface area (Å²) in [6.07, 6.45) is 19.1. The van der Waals surface area contributed by atoms with Gasteiger partial charge >= 0.3 is 0 Å². The second-order valence-electron chi connectivity index (χ2n) is 11.8. The van der Waals surface area contributed by atoms with Crippen molar-refractivity contribution in [2.24, 2.45) is 35.5 Å². The predicted molar refractivity (Wildman–Crippen MR) is 140 cm³/mol. The minimum atomic E-state index is -1.95. The molecule has 34 heavy (non-hydrogen) atoms. The number of hydrogen-bond donors (Lipinski definition) is 0. The maximum atomic E-state index is 16.0. The van der Waals surface area contributed by atoms with Crippen LogP contribution in [0.5, 0.6) is 0 Å². The maximum Gasteiger partial charge on any atom is 0.182 e. The van der Waals surface area contributed by atoms with Gasteiger partial charge in [-0.1, -0.05) is 89.3 Å². The Morgan fingerprint density at radius 1 is 0.882 bits per heavy atom. The zero-order valence-electron chi connectivity index (χ0n) is 21.7. The van der Waals surface area contributed by atoms with Gasteiger partial charge in [-0.15, -0.1) is 0 Å². The Kier molecular flexibility index (Phi) is 8.70. The molecule has 0 amide bonds. The monoisotopic (exact) mass is 468 g/mol. The van der Waals surface area contributed by atoms with E-state index in [1.165, 1.54) is 69.9 Å². The van der Waals surface area contributed by atoms with Crippen molar-refractivity contribution in [3.05, 3.63) is 60.0 Å². The van der Waals surface area contributed by atoms with Crippen molar-refractivity contribution in [1.29, 1.82) is 0 Å². The first-order valence-corrected chi connectivity index (χ1v) is 14.2. The largest absolute Gasteiger partial charge is 0.231 e. The van der Waals surface area contributed by atoms with Gasteiger partial charge in [0.05, 0.1) is 0 Å². The van der Waals surface area contributed by atoms with Gasteiger partial charge < -0.3 is 0 Å². The van der Waals surface area contributed by atoms with Gasteiger partial charge in [0.2, 0.25) is 0 Å². The van der Waals surface area contributed by atoms with Crippen LogP contribution < -0.4 is 0 Å². The third kappa shape index (κ3) is 5.68. The van der Waals surface area contributed by atoms with Crippen LogP contribution in [0, 0.1) is 35.5 Å². The first-order chi connectivity index (χ1) is 16.4. The van der Waals surface area contributed by atoms with Crippen molar-refractivity contribution < 1.29 is 8.78 Å². The molecule has 188 valence electrons. The van der Waals surface area contributed by atoms with E-state index in [4.69, 9.17) is 0 Å². The fourth-order valence-electron chi connectivity index (χ4n) is 7.31. The molecule has 0 nitrogen and oxygen atoms in total.